The van der Waals surface area contributed by atoms with Crippen LogP contribution in [0.15, 0.2) is 47.1 Å². The van der Waals surface area contributed by atoms with Gasteiger partial charge >= 0.3 is 0 Å². The molecular weight excluding hydrogens is 363 g/mol. The molecule has 0 saturated heterocycles. The van der Waals surface area contributed by atoms with Crippen molar-refractivity contribution < 1.29 is 23.1 Å². The van der Waals surface area contributed by atoms with Gasteiger partial charge in [0.05, 0.1) is 26.0 Å². The predicted octanol–water partition coefficient (Wildman–Crippen LogP) is 2.83. The maximum absolute atomic E-state index is 13.2. The Kier molecular flexibility index (Phi) is 6.81. The van der Waals surface area contributed by atoms with Gasteiger partial charge in [-0.3, -0.25) is 9.59 Å². The number of hydrogen-bond donors (Lipinski definition) is 0. The molecule has 3 rings (SSSR count). The molecule has 0 bridgehead atoms. The summed E-state index contributed by atoms with van der Waals surface area (Å²) in [4.78, 5) is 28.7. The summed E-state index contributed by atoms with van der Waals surface area (Å²) in [7, 11) is 1.57. The van der Waals surface area contributed by atoms with Crippen molar-refractivity contribution in [2.45, 2.75) is 25.9 Å². The predicted molar refractivity (Wildman–Crippen MR) is 101 cm³/mol. The molecule has 150 valence electrons. The van der Waals surface area contributed by atoms with Crippen LogP contribution in [-0.4, -0.2) is 48.4 Å². The highest BCUT2D eigenvalue weighted by atomic mass is 19.1. The van der Waals surface area contributed by atoms with Gasteiger partial charge in [0.2, 0.25) is 11.8 Å². The molecule has 1 aliphatic carbocycles. The SMILES string of the molecule is COCCN(CC(=O)N(Cc1ccc(F)cc1)Cc1ccco1)C(=O)C1CC1. The Morgan fingerprint density at radius 3 is 2.50 bits per heavy atom. The first-order chi connectivity index (χ1) is 13.6. The Balaban J connectivity index is 1.71. The molecule has 0 unspecified atom stereocenters. The summed E-state index contributed by atoms with van der Waals surface area (Å²) in [5.41, 5.74) is 0.804. The number of carbonyl (C=O) groups is 2. The number of amides is 2. The van der Waals surface area contributed by atoms with Gasteiger partial charge in [-0.05, 0) is 42.7 Å². The molecule has 2 amide bonds. The first kappa shape index (κ1) is 20.1. The zero-order valence-corrected chi connectivity index (χ0v) is 16.0. The van der Waals surface area contributed by atoms with Gasteiger partial charge in [0, 0.05) is 26.1 Å². The molecule has 0 aliphatic heterocycles. The lowest BCUT2D eigenvalue weighted by molar-refractivity contribution is -0.142. The monoisotopic (exact) mass is 388 g/mol. The van der Waals surface area contributed by atoms with E-state index in [1.165, 1.54) is 12.1 Å². The summed E-state index contributed by atoms with van der Waals surface area (Å²) in [6, 6.07) is 9.59. The molecule has 2 aromatic rings. The topological polar surface area (TPSA) is 63.0 Å². The molecule has 0 atom stereocenters. The van der Waals surface area contributed by atoms with E-state index < -0.39 is 0 Å². The average molecular weight is 388 g/mol. The van der Waals surface area contributed by atoms with E-state index in [4.69, 9.17) is 9.15 Å². The third-order valence-corrected chi connectivity index (χ3v) is 4.70. The lowest BCUT2D eigenvalue weighted by atomic mass is 10.2. The summed E-state index contributed by atoms with van der Waals surface area (Å²) in [6.45, 7) is 1.32. The smallest absolute Gasteiger partial charge is 0.242 e. The quantitative estimate of drug-likeness (QED) is 0.628. The summed E-state index contributed by atoms with van der Waals surface area (Å²) in [6.07, 6.45) is 3.31. The molecule has 28 heavy (non-hydrogen) atoms. The largest absolute Gasteiger partial charge is 0.467 e. The van der Waals surface area contributed by atoms with Crippen LogP contribution < -0.4 is 0 Å². The Morgan fingerprint density at radius 2 is 1.89 bits per heavy atom. The van der Waals surface area contributed by atoms with Crippen molar-refractivity contribution in [3.8, 4) is 0 Å². The molecule has 1 heterocycles. The van der Waals surface area contributed by atoms with Crippen LogP contribution in [0, 0.1) is 11.7 Å². The van der Waals surface area contributed by atoms with E-state index in [9.17, 15) is 14.0 Å². The van der Waals surface area contributed by atoms with E-state index in [1.807, 2.05) is 0 Å². The number of hydrogen-bond acceptors (Lipinski definition) is 4. The van der Waals surface area contributed by atoms with Crippen LogP contribution in [0.3, 0.4) is 0 Å². The standard InChI is InChI=1S/C21H25FN2O4/c1-27-12-10-23(21(26)17-6-7-17)15-20(25)24(14-19-3-2-11-28-19)13-16-4-8-18(22)9-5-16/h2-5,8-9,11,17H,6-7,10,12-15H2,1H3. The second-order valence-electron chi connectivity index (χ2n) is 6.98. The van der Waals surface area contributed by atoms with Gasteiger partial charge in [0.25, 0.3) is 0 Å². The minimum Gasteiger partial charge on any atom is -0.467 e. The van der Waals surface area contributed by atoms with E-state index in [1.54, 1.807) is 47.4 Å². The minimum atomic E-state index is -0.326. The van der Waals surface area contributed by atoms with Crippen molar-refractivity contribution >= 4 is 11.8 Å². The van der Waals surface area contributed by atoms with E-state index in [0.717, 1.165) is 18.4 Å². The van der Waals surface area contributed by atoms with E-state index in [2.05, 4.69) is 0 Å². The number of carbonyl (C=O) groups excluding carboxylic acids is 2. The molecule has 7 heteroatoms. The molecule has 1 fully saturated rings. The normalized spacial score (nSPS) is 13.4. The molecule has 1 aromatic heterocycles. The molecule has 1 aliphatic rings. The van der Waals surface area contributed by atoms with Crippen LogP contribution in [-0.2, 0) is 27.4 Å². The summed E-state index contributed by atoms with van der Waals surface area (Å²) in [5.74, 6) is 0.164. The van der Waals surface area contributed by atoms with Crippen LogP contribution in [0.5, 0.6) is 0 Å². The molecule has 0 N–H and O–H groups in total. The number of rotatable bonds is 10. The second-order valence-corrected chi connectivity index (χ2v) is 6.98. The Hall–Kier alpha value is -2.67. The highest BCUT2D eigenvalue weighted by molar-refractivity contribution is 5.87. The van der Waals surface area contributed by atoms with Gasteiger partial charge < -0.3 is 19.0 Å². The van der Waals surface area contributed by atoms with Crippen LogP contribution in [0.1, 0.15) is 24.2 Å². The van der Waals surface area contributed by atoms with E-state index in [-0.39, 0.29) is 36.6 Å². The maximum Gasteiger partial charge on any atom is 0.242 e. The van der Waals surface area contributed by atoms with Gasteiger partial charge in [-0.15, -0.1) is 0 Å². The zero-order chi connectivity index (χ0) is 19.9. The summed E-state index contributed by atoms with van der Waals surface area (Å²) >= 11 is 0. The van der Waals surface area contributed by atoms with Gasteiger partial charge in [-0.2, -0.15) is 0 Å². The van der Waals surface area contributed by atoms with Crippen molar-refractivity contribution in [2.24, 2.45) is 5.92 Å². The van der Waals surface area contributed by atoms with Crippen LogP contribution in [0.25, 0.3) is 0 Å². The van der Waals surface area contributed by atoms with Gasteiger partial charge in [-0.1, -0.05) is 12.1 Å². The molecule has 0 spiro atoms. The van der Waals surface area contributed by atoms with Crippen molar-refractivity contribution in [3.63, 3.8) is 0 Å². The zero-order valence-electron chi connectivity index (χ0n) is 16.0. The molecule has 1 saturated carbocycles. The number of benzene rings is 1. The molecular formula is C21H25FN2O4. The lowest BCUT2D eigenvalue weighted by Gasteiger charge is -2.27. The fourth-order valence-corrected chi connectivity index (χ4v) is 2.95. The highest BCUT2D eigenvalue weighted by Gasteiger charge is 2.34. The number of nitrogens with zero attached hydrogens (tertiary/aromatic N) is 2. The van der Waals surface area contributed by atoms with Crippen LogP contribution in [0.2, 0.25) is 0 Å². The fraction of sp³-hybridized carbons (Fsp3) is 0.429. The van der Waals surface area contributed by atoms with Crippen LogP contribution in [0.4, 0.5) is 4.39 Å². The number of furan rings is 1. The van der Waals surface area contributed by atoms with Crippen molar-refractivity contribution in [1.82, 2.24) is 9.80 Å². The van der Waals surface area contributed by atoms with E-state index in [0.29, 0.717) is 25.5 Å². The van der Waals surface area contributed by atoms with Gasteiger partial charge in [-0.25, -0.2) is 4.39 Å². The highest BCUT2D eigenvalue weighted by Crippen LogP contribution is 2.31. The maximum atomic E-state index is 13.2. The van der Waals surface area contributed by atoms with Crippen LogP contribution >= 0.6 is 0 Å². The Morgan fingerprint density at radius 1 is 1.14 bits per heavy atom. The summed E-state index contributed by atoms with van der Waals surface area (Å²) < 4.78 is 23.7. The molecule has 0 radical (unpaired) electrons. The fourth-order valence-electron chi connectivity index (χ4n) is 2.95. The van der Waals surface area contributed by atoms with E-state index >= 15 is 0 Å². The first-order valence-electron chi connectivity index (χ1n) is 9.39. The molecule has 6 nitrogen and oxygen atoms in total. The Labute approximate surface area is 163 Å². The summed E-state index contributed by atoms with van der Waals surface area (Å²) in [5, 5.41) is 0. The third kappa shape index (κ3) is 5.66. The number of ether oxygens (including phenoxy) is 1. The second kappa shape index (κ2) is 9.50. The van der Waals surface area contributed by atoms with Gasteiger partial charge in [0.1, 0.15) is 11.6 Å². The minimum absolute atomic E-state index is 0.00475. The van der Waals surface area contributed by atoms with Gasteiger partial charge in [0.15, 0.2) is 0 Å². The van der Waals surface area contributed by atoms with Crippen molar-refractivity contribution in [1.29, 1.82) is 0 Å². The number of methoxy groups -OCH3 is 1. The van der Waals surface area contributed by atoms with Crippen molar-refractivity contribution in [2.75, 3.05) is 26.8 Å². The van der Waals surface area contributed by atoms with Crippen molar-refractivity contribution in [3.05, 3.63) is 59.8 Å². The third-order valence-electron chi connectivity index (χ3n) is 4.70. The molecule has 1 aromatic carbocycles. The number of halogens is 1. The first-order valence-corrected chi connectivity index (χ1v) is 9.39. The average Bonchev–Trinajstić information content (AvgIpc) is 3.42. The lowest BCUT2D eigenvalue weighted by Crippen LogP contribution is -2.44. The Bertz CT molecular complexity index is 772.